The Morgan fingerprint density at radius 1 is 1.07 bits per heavy atom. The van der Waals surface area contributed by atoms with E-state index < -0.39 is 0 Å². The molecule has 2 aromatic rings. The SMILES string of the molecule is CC1(C)c2cccc3cccc(c23)[C@H]1O. The van der Waals surface area contributed by atoms with Gasteiger partial charge in [-0.1, -0.05) is 50.2 Å². The zero-order valence-electron chi connectivity index (χ0n) is 8.99. The predicted molar refractivity (Wildman–Crippen MR) is 61.9 cm³/mol. The Bertz CT molecular complexity index is 535. The zero-order valence-corrected chi connectivity index (χ0v) is 8.99. The number of aliphatic hydroxyl groups excluding tert-OH is 1. The molecular weight excluding hydrogens is 184 g/mol. The lowest BCUT2D eigenvalue weighted by Crippen LogP contribution is -2.21. The molecule has 0 aliphatic heterocycles. The van der Waals surface area contributed by atoms with Crippen molar-refractivity contribution in [2.75, 3.05) is 0 Å². The van der Waals surface area contributed by atoms with E-state index in [4.69, 9.17) is 0 Å². The number of benzene rings is 2. The number of rotatable bonds is 0. The molecule has 0 unspecified atom stereocenters. The highest BCUT2D eigenvalue weighted by Crippen LogP contribution is 2.48. The van der Waals surface area contributed by atoms with Gasteiger partial charge < -0.3 is 5.11 Å². The molecule has 1 aliphatic rings. The van der Waals surface area contributed by atoms with Gasteiger partial charge in [0.05, 0.1) is 6.10 Å². The van der Waals surface area contributed by atoms with Crippen LogP contribution in [0.3, 0.4) is 0 Å². The summed E-state index contributed by atoms with van der Waals surface area (Å²) in [5.41, 5.74) is 2.18. The Kier molecular flexibility index (Phi) is 1.56. The molecule has 76 valence electrons. The van der Waals surface area contributed by atoms with Crippen molar-refractivity contribution in [3.05, 3.63) is 47.5 Å². The molecule has 3 rings (SSSR count). The van der Waals surface area contributed by atoms with E-state index in [1.54, 1.807) is 0 Å². The molecule has 1 atom stereocenters. The molecule has 2 aromatic carbocycles. The molecule has 0 radical (unpaired) electrons. The fourth-order valence-electron chi connectivity index (χ4n) is 2.67. The predicted octanol–water partition coefficient (Wildman–Crippen LogP) is 3.16. The third-order valence-electron chi connectivity index (χ3n) is 3.61. The average Bonchev–Trinajstić information content (AvgIpc) is 2.43. The maximum absolute atomic E-state index is 10.3. The maximum atomic E-state index is 10.3. The lowest BCUT2D eigenvalue weighted by atomic mass is 9.83. The van der Waals surface area contributed by atoms with E-state index in [2.05, 4.69) is 38.1 Å². The molecule has 0 bridgehead atoms. The van der Waals surface area contributed by atoms with Gasteiger partial charge in [-0.3, -0.25) is 0 Å². The van der Waals surface area contributed by atoms with Gasteiger partial charge in [-0.05, 0) is 21.9 Å². The summed E-state index contributed by atoms with van der Waals surface area (Å²) in [5.74, 6) is 0. The standard InChI is InChI=1S/C14H14O/c1-14(2)11-8-4-6-9-5-3-7-10(12(9)11)13(14)15/h3-8,13,15H,1-2H3/t13-/m1/s1. The molecule has 0 fully saturated rings. The second-order valence-corrected chi connectivity index (χ2v) is 4.88. The first-order valence-electron chi connectivity index (χ1n) is 5.32. The quantitative estimate of drug-likeness (QED) is 0.689. The fourth-order valence-corrected chi connectivity index (χ4v) is 2.67. The third kappa shape index (κ3) is 0.963. The van der Waals surface area contributed by atoms with Crippen LogP contribution in [-0.2, 0) is 5.41 Å². The van der Waals surface area contributed by atoms with Gasteiger partial charge in [-0.25, -0.2) is 0 Å². The summed E-state index contributed by atoms with van der Waals surface area (Å²) in [6.07, 6.45) is -0.376. The molecule has 1 heteroatoms. The van der Waals surface area contributed by atoms with E-state index in [-0.39, 0.29) is 11.5 Å². The lowest BCUT2D eigenvalue weighted by Gasteiger charge is -2.24. The summed E-state index contributed by atoms with van der Waals surface area (Å²) in [6, 6.07) is 12.5. The van der Waals surface area contributed by atoms with Crippen molar-refractivity contribution < 1.29 is 5.11 Å². The van der Waals surface area contributed by atoms with Gasteiger partial charge in [-0.2, -0.15) is 0 Å². The molecule has 15 heavy (non-hydrogen) atoms. The van der Waals surface area contributed by atoms with E-state index in [0.717, 1.165) is 5.56 Å². The van der Waals surface area contributed by atoms with E-state index in [1.165, 1.54) is 16.3 Å². The second kappa shape index (κ2) is 2.61. The summed E-state index contributed by atoms with van der Waals surface area (Å²) in [7, 11) is 0. The van der Waals surface area contributed by atoms with Gasteiger partial charge in [-0.15, -0.1) is 0 Å². The number of hydrogen-bond donors (Lipinski definition) is 1. The van der Waals surface area contributed by atoms with Gasteiger partial charge >= 0.3 is 0 Å². The van der Waals surface area contributed by atoms with Crippen LogP contribution < -0.4 is 0 Å². The van der Waals surface area contributed by atoms with Crippen molar-refractivity contribution in [1.82, 2.24) is 0 Å². The molecule has 1 N–H and O–H groups in total. The van der Waals surface area contributed by atoms with Crippen molar-refractivity contribution in [2.24, 2.45) is 0 Å². The van der Waals surface area contributed by atoms with Gasteiger partial charge in [0.2, 0.25) is 0 Å². The minimum Gasteiger partial charge on any atom is -0.387 e. The molecular formula is C14H14O. The van der Waals surface area contributed by atoms with E-state index in [1.807, 2.05) is 12.1 Å². The van der Waals surface area contributed by atoms with Gasteiger partial charge in [0, 0.05) is 5.41 Å². The van der Waals surface area contributed by atoms with Crippen LogP contribution in [0.15, 0.2) is 36.4 Å². The monoisotopic (exact) mass is 198 g/mol. The summed E-state index contributed by atoms with van der Waals surface area (Å²) in [4.78, 5) is 0. The molecule has 0 saturated carbocycles. The van der Waals surface area contributed by atoms with Crippen molar-refractivity contribution in [1.29, 1.82) is 0 Å². The fraction of sp³-hybridized carbons (Fsp3) is 0.286. The van der Waals surface area contributed by atoms with Gasteiger partial charge in [0.15, 0.2) is 0 Å². The summed E-state index contributed by atoms with van der Waals surface area (Å²) in [6.45, 7) is 4.21. The smallest absolute Gasteiger partial charge is 0.0887 e. The van der Waals surface area contributed by atoms with Crippen LogP contribution in [0.5, 0.6) is 0 Å². The summed E-state index contributed by atoms with van der Waals surface area (Å²) in [5, 5.41) is 12.8. The van der Waals surface area contributed by atoms with Crippen LogP contribution in [-0.4, -0.2) is 5.11 Å². The highest BCUT2D eigenvalue weighted by Gasteiger charge is 2.39. The summed E-state index contributed by atoms with van der Waals surface area (Å²) < 4.78 is 0. The first kappa shape index (κ1) is 8.93. The Morgan fingerprint density at radius 3 is 2.47 bits per heavy atom. The van der Waals surface area contributed by atoms with Crippen molar-refractivity contribution in [3.8, 4) is 0 Å². The maximum Gasteiger partial charge on any atom is 0.0887 e. The van der Waals surface area contributed by atoms with Crippen LogP contribution in [0, 0.1) is 0 Å². The van der Waals surface area contributed by atoms with Crippen LogP contribution in [0.2, 0.25) is 0 Å². The molecule has 0 heterocycles. The molecule has 0 amide bonds. The highest BCUT2D eigenvalue weighted by atomic mass is 16.3. The minimum absolute atomic E-state index is 0.163. The third-order valence-corrected chi connectivity index (χ3v) is 3.61. The normalized spacial score (nSPS) is 22.2. The summed E-state index contributed by atoms with van der Waals surface area (Å²) >= 11 is 0. The van der Waals surface area contributed by atoms with Crippen LogP contribution in [0.4, 0.5) is 0 Å². The number of hydrogen-bond acceptors (Lipinski definition) is 1. The Morgan fingerprint density at radius 2 is 1.73 bits per heavy atom. The minimum atomic E-state index is -0.376. The van der Waals surface area contributed by atoms with Crippen LogP contribution in [0.1, 0.15) is 31.1 Å². The van der Waals surface area contributed by atoms with Crippen molar-refractivity contribution in [2.45, 2.75) is 25.4 Å². The second-order valence-electron chi connectivity index (χ2n) is 4.88. The molecule has 0 aromatic heterocycles. The van der Waals surface area contributed by atoms with Gasteiger partial charge in [0.1, 0.15) is 0 Å². The number of aliphatic hydroxyl groups is 1. The zero-order chi connectivity index (χ0) is 10.6. The highest BCUT2D eigenvalue weighted by molar-refractivity contribution is 5.92. The molecule has 1 nitrogen and oxygen atoms in total. The van der Waals surface area contributed by atoms with E-state index in [0.29, 0.717) is 0 Å². The average molecular weight is 198 g/mol. The topological polar surface area (TPSA) is 20.2 Å². The van der Waals surface area contributed by atoms with Crippen LogP contribution >= 0.6 is 0 Å². The Hall–Kier alpha value is -1.34. The molecule has 1 aliphatic carbocycles. The van der Waals surface area contributed by atoms with E-state index in [9.17, 15) is 5.11 Å². The molecule has 0 saturated heterocycles. The van der Waals surface area contributed by atoms with Crippen molar-refractivity contribution >= 4 is 10.8 Å². The van der Waals surface area contributed by atoms with Crippen molar-refractivity contribution in [3.63, 3.8) is 0 Å². The van der Waals surface area contributed by atoms with Gasteiger partial charge in [0.25, 0.3) is 0 Å². The molecule has 0 spiro atoms. The Balaban J connectivity index is 2.51. The van der Waals surface area contributed by atoms with Crippen LogP contribution in [0.25, 0.3) is 10.8 Å². The first-order valence-corrected chi connectivity index (χ1v) is 5.32. The van der Waals surface area contributed by atoms with E-state index >= 15 is 0 Å². The lowest BCUT2D eigenvalue weighted by molar-refractivity contribution is 0.109. The largest absolute Gasteiger partial charge is 0.387 e. The Labute approximate surface area is 89.4 Å². The first-order chi connectivity index (χ1) is 7.12.